The monoisotopic (exact) mass is 399 g/mol. The van der Waals surface area contributed by atoms with Gasteiger partial charge in [0.25, 0.3) is 0 Å². The lowest BCUT2D eigenvalue weighted by molar-refractivity contribution is 0.302. The molecule has 0 aliphatic heterocycles. The van der Waals surface area contributed by atoms with Gasteiger partial charge in [-0.15, -0.1) is 0 Å². The first kappa shape index (κ1) is 17.5. The summed E-state index contributed by atoms with van der Waals surface area (Å²) in [6, 6.07) is 20.5. The fourth-order valence-electron chi connectivity index (χ4n) is 2.59. The van der Waals surface area contributed by atoms with E-state index in [-0.39, 0.29) is 5.82 Å². The summed E-state index contributed by atoms with van der Waals surface area (Å²) in [5.74, 6) is 0.552. The molecule has 0 atom stereocenters. The highest BCUT2D eigenvalue weighted by molar-refractivity contribution is 9.10. The first-order valence-corrected chi connectivity index (χ1v) is 8.86. The second kappa shape index (κ2) is 8.17. The van der Waals surface area contributed by atoms with Crippen LogP contribution in [0.3, 0.4) is 0 Å². The van der Waals surface area contributed by atoms with E-state index in [2.05, 4.69) is 40.3 Å². The van der Waals surface area contributed by atoms with E-state index in [1.165, 1.54) is 17.7 Å². The Balaban J connectivity index is 1.68. The van der Waals surface area contributed by atoms with Crippen molar-refractivity contribution in [3.8, 4) is 5.75 Å². The van der Waals surface area contributed by atoms with Crippen LogP contribution in [0.1, 0.15) is 16.7 Å². The van der Waals surface area contributed by atoms with E-state index >= 15 is 0 Å². The molecule has 0 saturated carbocycles. The number of nitrogens with one attached hydrogen (secondary N) is 1. The van der Waals surface area contributed by atoms with Crippen molar-refractivity contribution in [3.05, 3.63) is 93.7 Å². The van der Waals surface area contributed by atoms with E-state index in [1.54, 1.807) is 6.07 Å². The van der Waals surface area contributed by atoms with Crippen molar-refractivity contribution >= 4 is 21.6 Å². The predicted molar refractivity (Wildman–Crippen MR) is 103 cm³/mol. The Morgan fingerprint density at radius 2 is 1.84 bits per heavy atom. The lowest BCUT2D eigenvalue weighted by atomic mass is 10.1. The number of benzene rings is 3. The van der Waals surface area contributed by atoms with Gasteiger partial charge < -0.3 is 10.1 Å². The van der Waals surface area contributed by atoms with Gasteiger partial charge in [-0.25, -0.2) is 4.39 Å². The van der Waals surface area contributed by atoms with Crippen LogP contribution in [0.2, 0.25) is 0 Å². The van der Waals surface area contributed by atoms with Gasteiger partial charge in [-0.05, 0) is 54.4 Å². The van der Waals surface area contributed by atoms with E-state index in [0.29, 0.717) is 13.2 Å². The largest absolute Gasteiger partial charge is 0.489 e. The molecule has 4 heteroatoms. The molecule has 2 nitrogen and oxygen atoms in total. The number of rotatable bonds is 6. The van der Waals surface area contributed by atoms with Crippen molar-refractivity contribution in [3.63, 3.8) is 0 Å². The molecule has 0 fully saturated rings. The summed E-state index contributed by atoms with van der Waals surface area (Å²) in [5, 5.41) is 3.44. The maximum Gasteiger partial charge on any atom is 0.124 e. The summed E-state index contributed by atoms with van der Waals surface area (Å²) in [7, 11) is 0. The van der Waals surface area contributed by atoms with Gasteiger partial charge in [-0.2, -0.15) is 0 Å². The van der Waals surface area contributed by atoms with Gasteiger partial charge in [0.2, 0.25) is 0 Å². The van der Waals surface area contributed by atoms with Crippen LogP contribution in [0.5, 0.6) is 5.75 Å². The van der Waals surface area contributed by atoms with Crippen molar-refractivity contribution in [2.24, 2.45) is 0 Å². The lowest BCUT2D eigenvalue weighted by Crippen LogP contribution is -2.04. The molecule has 0 spiro atoms. The van der Waals surface area contributed by atoms with Gasteiger partial charge in [0.15, 0.2) is 0 Å². The molecule has 0 amide bonds. The molecule has 0 aliphatic carbocycles. The quantitative estimate of drug-likeness (QED) is 0.541. The van der Waals surface area contributed by atoms with Crippen LogP contribution < -0.4 is 10.1 Å². The molecule has 3 rings (SSSR count). The highest BCUT2D eigenvalue weighted by Crippen LogP contribution is 2.24. The molecule has 25 heavy (non-hydrogen) atoms. The van der Waals surface area contributed by atoms with Crippen LogP contribution in [0.25, 0.3) is 0 Å². The van der Waals surface area contributed by atoms with Gasteiger partial charge in [-0.1, -0.05) is 46.3 Å². The van der Waals surface area contributed by atoms with Crippen LogP contribution in [0.15, 0.2) is 71.2 Å². The topological polar surface area (TPSA) is 21.3 Å². The third-order valence-electron chi connectivity index (χ3n) is 3.91. The predicted octanol–water partition coefficient (Wildman–Crippen LogP) is 6.09. The second-order valence-electron chi connectivity index (χ2n) is 5.84. The lowest BCUT2D eigenvalue weighted by Gasteiger charge is -2.14. The van der Waals surface area contributed by atoms with E-state index in [0.717, 1.165) is 27.0 Å². The molecule has 0 radical (unpaired) electrons. The van der Waals surface area contributed by atoms with Gasteiger partial charge in [0.05, 0.1) is 0 Å². The highest BCUT2D eigenvalue weighted by Gasteiger charge is 2.05. The minimum atomic E-state index is -0.248. The first-order chi connectivity index (χ1) is 12.1. The Morgan fingerprint density at radius 3 is 2.64 bits per heavy atom. The maximum absolute atomic E-state index is 13.3. The number of anilines is 1. The van der Waals surface area contributed by atoms with Crippen molar-refractivity contribution < 1.29 is 9.13 Å². The third kappa shape index (κ3) is 4.83. The number of hydrogen-bond donors (Lipinski definition) is 1. The zero-order valence-electron chi connectivity index (χ0n) is 13.9. The number of hydrogen-bond acceptors (Lipinski definition) is 2. The van der Waals surface area contributed by atoms with Crippen LogP contribution in [-0.2, 0) is 13.2 Å². The second-order valence-corrected chi connectivity index (χ2v) is 6.75. The summed E-state index contributed by atoms with van der Waals surface area (Å²) in [4.78, 5) is 0. The van der Waals surface area contributed by atoms with Gasteiger partial charge >= 0.3 is 0 Å². The number of ether oxygens (including phenoxy) is 1. The molecule has 128 valence electrons. The standard InChI is InChI=1S/C21H19BrFNO/c1-15-11-18(22)9-10-20(15)24-13-17-6-2-3-8-21(17)25-14-16-5-4-7-19(23)12-16/h2-12,24H,13-14H2,1H3. The molecule has 0 aromatic heterocycles. The first-order valence-electron chi connectivity index (χ1n) is 8.07. The van der Waals surface area contributed by atoms with Gasteiger partial charge in [-0.3, -0.25) is 0 Å². The molecule has 1 N–H and O–H groups in total. The zero-order valence-corrected chi connectivity index (χ0v) is 15.5. The third-order valence-corrected chi connectivity index (χ3v) is 4.41. The molecule has 0 saturated heterocycles. The average molecular weight is 400 g/mol. The fourth-order valence-corrected chi connectivity index (χ4v) is 3.07. The molecule has 0 unspecified atom stereocenters. The van der Waals surface area contributed by atoms with E-state index in [9.17, 15) is 4.39 Å². The van der Waals surface area contributed by atoms with Crippen molar-refractivity contribution in [1.29, 1.82) is 0 Å². The Morgan fingerprint density at radius 1 is 1.00 bits per heavy atom. The molecule has 3 aromatic rings. The average Bonchev–Trinajstić information content (AvgIpc) is 2.60. The molecule has 0 bridgehead atoms. The van der Waals surface area contributed by atoms with Crippen LogP contribution in [0.4, 0.5) is 10.1 Å². The Bertz CT molecular complexity index is 866. The molecule has 0 heterocycles. The van der Waals surface area contributed by atoms with Crippen LogP contribution in [0, 0.1) is 12.7 Å². The summed E-state index contributed by atoms with van der Waals surface area (Å²) >= 11 is 3.48. The highest BCUT2D eigenvalue weighted by atomic mass is 79.9. The molecule has 0 aliphatic rings. The van der Waals surface area contributed by atoms with Crippen LogP contribution >= 0.6 is 15.9 Å². The number of aryl methyl sites for hydroxylation is 1. The van der Waals surface area contributed by atoms with Gasteiger partial charge in [0, 0.05) is 22.3 Å². The maximum atomic E-state index is 13.3. The van der Waals surface area contributed by atoms with E-state index in [1.807, 2.05) is 36.4 Å². The smallest absolute Gasteiger partial charge is 0.124 e. The Labute approximate surface area is 155 Å². The summed E-state index contributed by atoms with van der Waals surface area (Å²) in [6.07, 6.45) is 0. The summed E-state index contributed by atoms with van der Waals surface area (Å²) in [5.41, 5.74) is 4.13. The van der Waals surface area contributed by atoms with Crippen molar-refractivity contribution in [2.75, 3.05) is 5.32 Å². The summed E-state index contributed by atoms with van der Waals surface area (Å²) < 4.78 is 20.2. The number of para-hydroxylation sites is 1. The van der Waals surface area contributed by atoms with Crippen molar-refractivity contribution in [2.45, 2.75) is 20.1 Å². The number of halogens is 2. The summed E-state index contributed by atoms with van der Waals surface area (Å²) in [6.45, 7) is 3.06. The minimum Gasteiger partial charge on any atom is -0.489 e. The minimum absolute atomic E-state index is 0.248. The van der Waals surface area contributed by atoms with E-state index in [4.69, 9.17) is 4.74 Å². The SMILES string of the molecule is Cc1cc(Br)ccc1NCc1ccccc1OCc1cccc(F)c1. The van der Waals surface area contributed by atoms with Crippen molar-refractivity contribution in [1.82, 2.24) is 0 Å². The Hall–Kier alpha value is -2.33. The zero-order chi connectivity index (χ0) is 17.6. The molecule has 3 aromatic carbocycles. The normalized spacial score (nSPS) is 10.5. The fraction of sp³-hybridized carbons (Fsp3) is 0.143. The molecular formula is C21H19BrFNO. The Kier molecular flexibility index (Phi) is 5.71. The molecular weight excluding hydrogens is 381 g/mol. The van der Waals surface area contributed by atoms with Gasteiger partial charge in [0.1, 0.15) is 18.2 Å². The van der Waals surface area contributed by atoms with E-state index < -0.39 is 0 Å². The van der Waals surface area contributed by atoms with Crippen LogP contribution in [-0.4, -0.2) is 0 Å².